The standard InChI is InChI=1S/C18H28N2O2/c1-14(2)22-18(21)20-12-6-5-7-17(20)16-10-8-15(9-11-16)13-19(3)4/h8-11,14,17H,5-7,12-13H2,1-4H3. The molecule has 4 nitrogen and oxygen atoms in total. The highest BCUT2D eigenvalue weighted by molar-refractivity contribution is 5.68. The van der Waals surface area contributed by atoms with Crippen molar-refractivity contribution >= 4 is 6.09 Å². The van der Waals surface area contributed by atoms with Gasteiger partial charge in [-0.1, -0.05) is 24.3 Å². The van der Waals surface area contributed by atoms with E-state index in [4.69, 9.17) is 4.74 Å². The van der Waals surface area contributed by atoms with Crippen LogP contribution in [0, 0.1) is 0 Å². The van der Waals surface area contributed by atoms with Crippen LogP contribution >= 0.6 is 0 Å². The molecule has 0 aliphatic carbocycles. The van der Waals surface area contributed by atoms with Crippen molar-refractivity contribution in [3.05, 3.63) is 35.4 Å². The van der Waals surface area contributed by atoms with E-state index in [-0.39, 0.29) is 18.2 Å². The van der Waals surface area contributed by atoms with Crippen LogP contribution < -0.4 is 0 Å². The molecule has 1 aromatic rings. The topological polar surface area (TPSA) is 32.8 Å². The predicted octanol–water partition coefficient (Wildman–Crippen LogP) is 3.82. The summed E-state index contributed by atoms with van der Waals surface area (Å²) in [5.41, 5.74) is 2.50. The number of rotatable bonds is 4. The van der Waals surface area contributed by atoms with Gasteiger partial charge in [-0.2, -0.15) is 0 Å². The number of carbonyl (C=O) groups excluding carboxylic acids is 1. The molecule has 0 aromatic heterocycles. The molecule has 0 radical (unpaired) electrons. The molecule has 1 saturated heterocycles. The van der Waals surface area contributed by atoms with E-state index < -0.39 is 0 Å². The minimum absolute atomic E-state index is 0.0717. The molecule has 1 aliphatic rings. The molecule has 1 heterocycles. The molecule has 0 saturated carbocycles. The van der Waals surface area contributed by atoms with Gasteiger partial charge in [-0.05, 0) is 58.3 Å². The molecule has 1 fully saturated rings. The third kappa shape index (κ3) is 4.47. The molecule has 4 heteroatoms. The summed E-state index contributed by atoms with van der Waals surface area (Å²) in [5.74, 6) is 0. The Kier molecular flexibility index (Phi) is 5.83. The van der Waals surface area contributed by atoms with Gasteiger partial charge < -0.3 is 14.5 Å². The van der Waals surface area contributed by atoms with E-state index in [2.05, 4.69) is 43.3 Å². The molecule has 0 bridgehead atoms. The second kappa shape index (κ2) is 7.63. The van der Waals surface area contributed by atoms with Crippen molar-refractivity contribution in [2.45, 2.75) is 51.8 Å². The van der Waals surface area contributed by atoms with Crippen LogP contribution in [0.2, 0.25) is 0 Å². The van der Waals surface area contributed by atoms with E-state index in [1.54, 1.807) is 0 Å². The number of amides is 1. The minimum Gasteiger partial charge on any atom is -0.447 e. The Hall–Kier alpha value is -1.55. The first-order chi connectivity index (χ1) is 10.5. The van der Waals surface area contributed by atoms with Crippen molar-refractivity contribution in [2.24, 2.45) is 0 Å². The Morgan fingerprint density at radius 1 is 1.27 bits per heavy atom. The molecule has 1 amide bonds. The predicted molar refractivity (Wildman–Crippen MR) is 88.7 cm³/mol. The Bertz CT molecular complexity index is 482. The molecular formula is C18H28N2O2. The van der Waals surface area contributed by atoms with Gasteiger partial charge in [-0.3, -0.25) is 0 Å². The van der Waals surface area contributed by atoms with Crippen LogP contribution in [0.1, 0.15) is 50.3 Å². The fourth-order valence-corrected chi connectivity index (χ4v) is 2.98. The summed E-state index contributed by atoms with van der Waals surface area (Å²) in [6.45, 7) is 5.51. The number of piperidine rings is 1. The zero-order valence-electron chi connectivity index (χ0n) is 14.2. The van der Waals surface area contributed by atoms with Gasteiger partial charge in [-0.25, -0.2) is 4.79 Å². The fraction of sp³-hybridized carbons (Fsp3) is 0.611. The first-order valence-electron chi connectivity index (χ1n) is 8.18. The number of likely N-dealkylation sites (tertiary alicyclic amines) is 1. The summed E-state index contributed by atoms with van der Waals surface area (Å²) < 4.78 is 5.40. The average molecular weight is 304 g/mol. The number of hydrogen-bond donors (Lipinski definition) is 0. The Morgan fingerprint density at radius 3 is 2.55 bits per heavy atom. The number of ether oxygens (including phenoxy) is 1. The monoisotopic (exact) mass is 304 g/mol. The van der Waals surface area contributed by atoms with E-state index in [1.165, 1.54) is 11.1 Å². The Balaban J connectivity index is 2.11. The number of nitrogens with zero attached hydrogens (tertiary/aromatic N) is 2. The zero-order chi connectivity index (χ0) is 16.1. The van der Waals surface area contributed by atoms with Gasteiger partial charge in [0.05, 0.1) is 12.1 Å². The third-order valence-corrected chi connectivity index (χ3v) is 3.94. The molecule has 0 spiro atoms. The average Bonchev–Trinajstić information content (AvgIpc) is 2.47. The summed E-state index contributed by atoms with van der Waals surface area (Å²) >= 11 is 0. The highest BCUT2D eigenvalue weighted by atomic mass is 16.6. The summed E-state index contributed by atoms with van der Waals surface area (Å²) in [6, 6.07) is 8.79. The molecule has 0 N–H and O–H groups in total. The largest absolute Gasteiger partial charge is 0.447 e. The Morgan fingerprint density at radius 2 is 1.95 bits per heavy atom. The van der Waals surface area contributed by atoms with E-state index in [1.807, 2.05) is 18.7 Å². The highest BCUT2D eigenvalue weighted by Crippen LogP contribution is 2.31. The summed E-state index contributed by atoms with van der Waals surface area (Å²) in [7, 11) is 4.14. The maximum atomic E-state index is 12.3. The van der Waals surface area contributed by atoms with Crippen molar-refractivity contribution in [1.29, 1.82) is 0 Å². The van der Waals surface area contributed by atoms with Crippen molar-refractivity contribution in [3.8, 4) is 0 Å². The molecule has 1 aromatic carbocycles. The number of carbonyl (C=O) groups is 1. The molecule has 1 atom stereocenters. The van der Waals surface area contributed by atoms with Crippen LogP contribution in [-0.2, 0) is 11.3 Å². The molecule has 122 valence electrons. The summed E-state index contributed by atoms with van der Waals surface area (Å²) in [5, 5.41) is 0. The van der Waals surface area contributed by atoms with Crippen LogP contribution in [0.4, 0.5) is 4.79 Å². The minimum atomic E-state index is -0.183. The quantitative estimate of drug-likeness (QED) is 0.847. The lowest BCUT2D eigenvalue weighted by molar-refractivity contribution is 0.0526. The summed E-state index contributed by atoms with van der Waals surface area (Å²) in [4.78, 5) is 16.3. The lowest BCUT2D eigenvalue weighted by atomic mass is 9.95. The second-order valence-corrected chi connectivity index (χ2v) is 6.62. The number of hydrogen-bond acceptors (Lipinski definition) is 3. The smallest absolute Gasteiger partial charge is 0.410 e. The van der Waals surface area contributed by atoms with Crippen molar-refractivity contribution in [3.63, 3.8) is 0 Å². The highest BCUT2D eigenvalue weighted by Gasteiger charge is 2.29. The van der Waals surface area contributed by atoms with Crippen LogP contribution in [0.15, 0.2) is 24.3 Å². The molecule has 1 unspecified atom stereocenters. The van der Waals surface area contributed by atoms with E-state index in [0.29, 0.717) is 0 Å². The lowest BCUT2D eigenvalue weighted by Crippen LogP contribution is -2.39. The van der Waals surface area contributed by atoms with Gasteiger partial charge >= 0.3 is 6.09 Å². The third-order valence-electron chi connectivity index (χ3n) is 3.94. The van der Waals surface area contributed by atoms with Gasteiger partial charge in [0.2, 0.25) is 0 Å². The van der Waals surface area contributed by atoms with Crippen molar-refractivity contribution in [1.82, 2.24) is 9.80 Å². The Labute approximate surface area is 134 Å². The van der Waals surface area contributed by atoms with E-state index in [9.17, 15) is 4.79 Å². The van der Waals surface area contributed by atoms with Crippen molar-refractivity contribution in [2.75, 3.05) is 20.6 Å². The first-order valence-corrected chi connectivity index (χ1v) is 8.18. The SMILES string of the molecule is CC(C)OC(=O)N1CCCCC1c1ccc(CN(C)C)cc1. The molecule has 22 heavy (non-hydrogen) atoms. The van der Waals surface area contributed by atoms with Crippen molar-refractivity contribution < 1.29 is 9.53 Å². The van der Waals surface area contributed by atoms with E-state index in [0.717, 1.165) is 32.4 Å². The maximum Gasteiger partial charge on any atom is 0.410 e. The second-order valence-electron chi connectivity index (χ2n) is 6.62. The lowest BCUT2D eigenvalue weighted by Gasteiger charge is -2.35. The normalized spacial score (nSPS) is 18.8. The first kappa shape index (κ1) is 16.8. The molecule has 2 rings (SSSR count). The fourth-order valence-electron chi connectivity index (χ4n) is 2.98. The van der Waals surface area contributed by atoms with Gasteiger partial charge in [0, 0.05) is 13.1 Å². The van der Waals surface area contributed by atoms with Crippen LogP contribution in [0.3, 0.4) is 0 Å². The van der Waals surface area contributed by atoms with Crippen LogP contribution in [0.5, 0.6) is 0 Å². The zero-order valence-corrected chi connectivity index (χ0v) is 14.2. The molecule has 1 aliphatic heterocycles. The number of benzene rings is 1. The summed E-state index contributed by atoms with van der Waals surface area (Å²) in [6.07, 6.45) is 2.98. The van der Waals surface area contributed by atoms with Gasteiger partial charge in [-0.15, -0.1) is 0 Å². The van der Waals surface area contributed by atoms with E-state index >= 15 is 0 Å². The molecular weight excluding hydrogens is 276 g/mol. The van der Waals surface area contributed by atoms with Gasteiger partial charge in [0.1, 0.15) is 0 Å². The van der Waals surface area contributed by atoms with Gasteiger partial charge in [0.25, 0.3) is 0 Å². The maximum absolute atomic E-state index is 12.3. The van der Waals surface area contributed by atoms with Crippen LogP contribution in [-0.4, -0.2) is 42.6 Å². The van der Waals surface area contributed by atoms with Crippen LogP contribution in [0.25, 0.3) is 0 Å². The van der Waals surface area contributed by atoms with Gasteiger partial charge in [0.15, 0.2) is 0 Å².